The van der Waals surface area contributed by atoms with Gasteiger partial charge < -0.3 is 5.32 Å². The monoisotopic (exact) mass is 345 g/mol. The number of benzene rings is 1. The van der Waals surface area contributed by atoms with Crippen LogP contribution in [0.1, 0.15) is 11.4 Å². The second-order valence-electron chi connectivity index (χ2n) is 5.28. The molecule has 0 atom stereocenters. The van der Waals surface area contributed by atoms with Gasteiger partial charge in [-0.1, -0.05) is 23.7 Å². The summed E-state index contributed by atoms with van der Waals surface area (Å²) in [6, 6.07) is 9.86. The predicted octanol–water partition coefficient (Wildman–Crippen LogP) is 4.52. The molecule has 1 amide bonds. The molecule has 1 N–H and O–H groups in total. The van der Waals surface area contributed by atoms with Crippen LogP contribution in [-0.4, -0.2) is 15.7 Å². The first kappa shape index (κ1) is 15.8. The minimum Gasteiger partial charge on any atom is -0.324 e. The van der Waals surface area contributed by atoms with E-state index in [0.717, 1.165) is 28.2 Å². The van der Waals surface area contributed by atoms with Crippen LogP contribution in [0.2, 0.25) is 5.02 Å². The van der Waals surface area contributed by atoms with Crippen LogP contribution >= 0.6 is 22.9 Å². The Morgan fingerprint density at radius 3 is 2.78 bits per heavy atom. The van der Waals surface area contributed by atoms with Crippen molar-refractivity contribution in [1.29, 1.82) is 0 Å². The van der Waals surface area contributed by atoms with Crippen molar-refractivity contribution in [2.45, 2.75) is 20.4 Å². The average molecular weight is 346 g/mol. The second kappa shape index (κ2) is 6.56. The molecular weight excluding hydrogens is 330 g/mol. The van der Waals surface area contributed by atoms with Crippen molar-refractivity contribution < 1.29 is 4.79 Å². The van der Waals surface area contributed by atoms with E-state index in [2.05, 4.69) is 21.9 Å². The van der Waals surface area contributed by atoms with E-state index in [1.165, 1.54) is 0 Å². The van der Waals surface area contributed by atoms with E-state index >= 15 is 0 Å². The molecule has 0 bridgehead atoms. The molecular formula is C17H16ClN3OS. The van der Waals surface area contributed by atoms with E-state index in [1.807, 2.05) is 43.5 Å². The molecule has 3 rings (SSSR count). The molecule has 0 spiro atoms. The summed E-state index contributed by atoms with van der Waals surface area (Å²) in [4.78, 5) is 12.2. The summed E-state index contributed by atoms with van der Waals surface area (Å²) in [5.41, 5.74) is 4.53. The lowest BCUT2D eigenvalue weighted by Crippen LogP contribution is -2.20. The molecule has 0 aliphatic carbocycles. The topological polar surface area (TPSA) is 46.9 Å². The first-order valence-electron chi connectivity index (χ1n) is 7.16. The molecule has 4 nitrogen and oxygen atoms in total. The van der Waals surface area contributed by atoms with Crippen LogP contribution in [0.3, 0.4) is 0 Å². The van der Waals surface area contributed by atoms with Gasteiger partial charge in [0.25, 0.3) is 0 Å². The highest BCUT2D eigenvalue weighted by atomic mass is 35.5. The lowest BCUT2D eigenvalue weighted by molar-refractivity contribution is -0.116. The van der Waals surface area contributed by atoms with Crippen LogP contribution in [0.15, 0.2) is 41.1 Å². The molecule has 0 radical (unpaired) electrons. The lowest BCUT2D eigenvalue weighted by Gasteiger charge is -2.08. The summed E-state index contributed by atoms with van der Waals surface area (Å²) < 4.78 is 1.62. The number of aromatic nitrogens is 2. The minimum atomic E-state index is -0.130. The molecule has 0 fully saturated rings. The van der Waals surface area contributed by atoms with Gasteiger partial charge in [-0.3, -0.25) is 9.48 Å². The van der Waals surface area contributed by atoms with Gasteiger partial charge in [0.1, 0.15) is 6.54 Å². The van der Waals surface area contributed by atoms with Gasteiger partial charge in [0.2, 0.25) is 5.91 Å². The number of nitrogens with one attached hydrogen (secondary N) is 1. The van der Waals surface area contributed by atoms with Crippen molar-refractivity contribution in [2.24, 2.45) is 0 Å². The number of halogens is 1. The number of carbonyl (C=O) groups is 1. The fourth-order valence-electron chi connectivity index (χ4n) is 2.37. The van der Waals surface area contributed by atoms with Crippen LogP contribution in [-0.2, 0) is 11.3 Å². The van der Waals surface area contributed by atoms with Gasteiger partial charge in [-0.25, -0.2) is 0 Å². The third kappa shape index (κ3) is 3.46. The molecule has 0 unspecified atom stereocenters. The number of nitrogens with zero attached hydrogens (tertiary/aromatic N) is 2. The molecule has 2 aromatic heterocycles. The summed E-state index contributed by atoms with van der Waals surface area (Å²) in [6.45, 7) is 3.82. The average Bonchev–Trinajstić information content (AvgIpc) is 3.14. The van der Waals surface area contributed by atoms with E-state index in [0.29, 0.717) is 5.02 Å². The largest absolute Gasteiger partial charge is 0.324 e. The SMILES string of the molecule is Cc1nn(CC(=O)Nc2cccc(-c3ccsc3)c2)c(C)c1Cl. The highest BCUT2D eigenvalue weighted by Gasteiger charge is 2.12. The first-order chi connectivity index (χ1) is 11.0. The molecule has 0 saturated heterocycles. The highest BCUT2D eigenvalue weighted by Crippen LogP contribution is 2.25. The van der Waals surface area contributed by atoms with Crippen LogP contribution in [0, 0.1) is 13.8 Å². The van der Waals surface area contributed by atoms with Crippen molar-refractivity contribution >= 4 is 34.5 Å². The Morgan fingerprint density at radius 1 is 1.30 bits per heavy atom. The number of carbonyl (C=O) groups excluding carboxylic acids is 1. The third-order valence-electron chi connectivity index (χ3n) is 3.59. The zero-order chi connectivity index (χ0) is 16.4. The molecule has 1 aromatic carbocycles. The molecule has 118 valence electrons. The molecule has 0 saturated carbocycles. The van der Waals surface area contributed by atoms with Gasteiger partial charge in [0, 0.05) is 5.69 Å². The number of rotatable bonds is 4. The van der Waals surface area contributed by atoms with Crippen LogP contribution in [0.5, 0.6) is 0 Å². The van der Waals surface area contributed by atoms with Crippen molar-refractivity contribution in [3.8, 4) is 11.1 Å². The predicted molar refractivity (Wildman–Crippen MR) is 95.1 cm³/mol. The summed E-state index contributed by atoms with van der Waals surface area (Å²) in [6.07, 6.45) is 0. The zero-order valence-corrected chi connectivity index (χ0v) is 14.4. The Labute approximate surface area is 143 Å². The van der Waals surface area contributed by atoms with Crippen molar-refractivity contribution in [2.75, 3.05) is 5.32 Å². The molecule has 0 aliphatic rings. The number of thiophene rings is 1. The molecule has 23 heavy (non-hydrogen) atoms. The van der Waals surface area contributed by atoms with Gasteiger partial charge in [-0.15, -0.1) is 0 Å². The summed E-state index contributed by atoms with van der Waals surface area (Å²) in [7, 11) is 0. The van der Waals surface area contributed by atoms with Gasteiger partial charge in [0.15, 0.2) is 0 Å². The van der Waals surface area contributed by atoms with Crippen LogP contribution < -0.4 is 5.32 Å². The first-order valence-corrected chi connectivity index (χ1v) is 8.48. The smallest absolute Gasteiger partial charge is 0.246 e. The summed E-state index contributed by atoms with van der Waals surface area (Å²) in [5, 5.41) is 11.9. The Hall–Kier alpha value is -2.11. The van der Waals surface area contributed by atoms with E-state index < -0.39 is 0 Å². The van der Waals surface area contributed by atoms with E-state index in [-0.39, 0.29) is 12.5 Å². The maximum Gasteiger partial charge on any atom is 0.246 e. The number of amides is 1. The standard InChI is InChI=1S/C17H16ClN3OS/c1-11-17(18)12(2)21(20-11)9-16(22)19-15-5-3-4-13(8-15)14-6-7-23-10-14/h3-8,10H,9H2,1-2H3,(H,19,22). The Bertz CT molecular complexity index is 840. The Morgan fingerprint density at radius 2 is 2.13 bits per heavy atom. The number of hydrogen-bond acceptors (Lipinski definition) is 3. The van der Waals surface area contributed by atoms with Crippen LogP contribution in [0.4, 0.5) is 5.69 Å². The van der Waals surface area contributed by atoms with Gasteiger partial charge in [-0.05, 0) is 53.9 Å². The minimum absolute atomic E-state index is 0.130. The van der Waals surface area contributed by atoms with E-state index in [1.54, 1.807) is 16.0 Å². The van der Waals surface area contributed by atoms with Gasteiger partial charge >= 0.3 is 0 Å². The number of anilines is 1. The summed E-state index contributed by atoms with van der Waals surface area (Å²) >= 11 is 7.76. The van der Waals surface area contributed by atoms with Crippen molar-refractivity contribution in [3.63, 3.8) is 0 Å². The van der Waals surface area contributed by atoms with Gasteiger partial charge in [-0.2, -0.15) is 16.4 Å². The molecule has 3 aromatic rings. The highest BCUT2D eigenvalue weighted by molar-refractivity contribution is 7.08. The molecule has 0 aliphatic heterocycles. The van der Waals surface area contributed by atoms with Crippen LogP contribution in [0.25, 0.3) is 11.1 Å². The summed E-state index contributed by atoms with van der Waals surface area (Å²) in [5.74, 6) is -0.130. The fourth-order valence-corrected chi connectivity index (χ4v) is 3.17. The number of aryl methyl sites for hydroxylation is 1. The van der Waals surface area contributed by atoms with E-state index in [9.17, 15) is 4.79 Å². The van der Waals surface area contributed by atoms with Crippen molar-refractivity contribution in [3.05, 3.63) is 57.5 Å². The van der Waals surface area contributed by atoms with Gasteiger partial charge in [0.05, 0.1) is 16.4 Å². The lowest BCUT2D eigenvalue weighted by atomic mass is 10.1. The molecule has 6 heteroatoms. The normalized spacial score (nSPS) is 10.7. The Balaban J connectivity index is 1.73. The second-order valence-corrected chi connectivity index (χ2v) is 6.44. The third-order valence-corrected chi connectivity index (χ3v) is 4.82. The van der Waals surface area contributed by atoms with E-state index in [4.69, 9.17) is 11.6 Å². The molecule has 2 heterocycles. The maximum absolute atomic E-state index is 12.2. The zero-order valence-electron chi connectivity index (χ0n) is 12.8. The Kier molecular flexibility index (Phi) is 4.50. The van der Waals surface area contributed by atoms with Crippen molar-refractivity contribution in [1.82, 2.24) is 9.78 Å². The number of hydrogen-bond donors (Lipinski definition) is 1. The quantitative estimate of drug-likeness (QED) is 0.755. The maximum atomic E-state index is 12.2. The fraction of sp³-hybridized carbons (Fsp3) is 0.176.